The fourth-order valence-electron chi connectivity index (χ4n) is 1.63. The van der Waals surface area contributed by atoms with Crippen LogP contribution in [-0.2, 0) is 9.59 Å². The molecule has 0 saturated carbocycles. The molecule has 0 aliphatic carbocycles. The van der Waals surface area contributed by atoms with Crippen LogP contribution in [0.15, 0.2) is 0 Å². The van der Waals surface area contributed by atoms with Crippen LogP contribution < -0.4 is 0 Å². The molecule has 1 aliphatic heterocycles. The molecule has 1 heterocycles. The van der Waals surface area contributed by atoms with Gasteiger partial charge in [0.2, 0.25) is 5.91 Å². The summed E-state index contributed by atoms with van der Waals surface area (Å²) in [5, 5.41) is 3.42. The predicted octanol–water partition coefficient (Wildman–Crippen LogP) is 0.433. The third-order valence-corrected chi connectivity index (χ3v) is 2.45. The number of hydrazine groups is 1. The second kappa shape index (κ2) is 3.87. The molecule has 0 radical (unpaired) electrons. The topological polar surface area (TPSA) is 40.6 Å². The van der Waals surface area contributed by atoms with Crippen molar-refractivity contribution in [2.24, 2.45) is 0 Å². The first-order valence-electron chi connectivity index (χ1n) is 4.58. The van der Waals surface area contributed by atoms with Gasteiger partial charge in [-0.05, 0) is 13.3 Å². The molecule has 1 aliphatic rings. The van der Waals surface area contributed by atoms with Crippen molar-refractivity contribution in [1.29, 1.82) is 0 Å². The summed E-state index contributed by atoms with van der Waals surface area (Å²) < 4.78 is 0. The molecule has 1 saturated heterocycles. The lowest BCUT2D eigenvalue weighted by atomic mass is 10.2. The van der Waals surface area contributed by atoms with Gasteiger partial charge in [0.25, 0.3) is 0 Å². The fraction of sp³-hybridized carbons (Fsp3) is 0.778. The molecule has 1 rings (SSSR count). The fourth-order valence-corrected chi connectivity index (χ4v) is 1.63. The first-order valence-corrected chi connectivity index (χ1v) is 4.58. The highest BCUT2D eigenvalue weighted by Gasteiger charge is 2.34. The van der Waals surface area contributed by atoms with E-state index in [4.69, 9.17) is 0 Å². The van der Waals surface area contributed by atoms with Gasteiger partial charge in [-0.2, -0.15) is 0 Å². The Morgan fingerprint density at radius 2 is 2.23 bits per heavy atom. The summed E-state index contributed by atoms with van der Waals surface area (Å²) in [5.41, 5.74) is 0. The first-order chi connectivity index (χ1) is 6.06. The highest BCUT2D eigenvalue weighted by Crippen LogP contribution is 2.19. The summed E-state index contributed by atoms with van der Waals surface area (Å²) in [6.07, 6.45) is 1.48. The maximum atomic E-state index is 11.4. The summed E-state index contributed by atoms with van der Waals surface area (Å²) in [5.74, 6) is 0.0847. The van der Waals surface area contributed by atoms with Crippen LogP contribution in [0.5, 0.6) is 0 Å². The molecule has 0 spiro atoms. The predicted molar refractivity (Wildman–Crippen MR) is 48.9 cm³/mol. The van der Waals surface area contributed by atoms with Crippen molar-refractivity contribution < 1.29 is 9.59 Å². The van der Waals surface area contributed by atoms with E-state index >= 15 is 0 Å². The van der Waals surface area contributed by atoms with E-state index in [0.717, 1.165) is 6.42 Å². The lowest BCUT2D eigenvalue weighted by Crippen LogP contribution is -2.41. The van der Waals surface area contributed by atoms with Gasteiger partial charge in [0.1, 0.15) is 0 Å². The van der Waals surface area contributed by atoms with Crippen LogP contribution in [0.25, 0.3) is 0 Å². The number of rotatable bonds is 3. The number of nitrogens with zero attached hydrogens (tertiary/aromatic N) is 2. The zero-order valence-corrected chi connectivity index (χ0v) is 8.41. The highest BCUT2D eigenvalue weighted by molar-refractivity contribution is 5.85. The van der Waals surface area contributed by atoms with Gasteiger partial charge in [-0.1, -0.05) is 6.92 Å². The Bertz CT molecular complexity index is 228. The quantitative estimate of drug-likeness (QED) is 0.638. The molecule has 1 amide bonds. The van der Waals surface area contributed by atoms with E-state index in [2.05, 4.69) is 0 Å². The molecule has 1 fully saturated rings. The van der Waals surface area contributed by atoms with Crippen molar-refractivity contribution in [3.05, 3.63) is 0 Å². The Morgan fingerprint density at radius 3 is 2.62 bits per heavy atom. The van der Waals surface area contributed by atoms with Crippen LogP contribution in [0.3, 0.4) is 0 Å². The van der Waals surface area contributed by atoms with Gasteiger partial charge in [0.15, 0.2) is 5.78 Å². The van der Waals surface area contributed by atoms with Gasteiger partial charge in [-0.25, -0.2) is 5.01 Å². The van der Waals surface area contributed by atoms with Gasteiger partial charge >= 0.3 is 0 Å². The Labute approximate surface area is 78.5 Å². The molecule has 0 bridgehead atoms. The Hall–Kier alpha value is -0.900. The van der Waals surface area contributed by atoms with Crippen molar-refractivity contribution in [3.8, 4) is 0 Å². The first kappa shape index (κ1) is 10.2. The van der Waals surface area contributed by atoms with Gasteiger partial charge in [0.05, 0.1) is 6.54 Å². The van der Waals surface area contributed by atoms with E-state index < -0.39 is 0 Å². The second-order valence-electron chi connectivity index (χ2n) is 3.49. The summed E-state index contributed by atoms with van der Waals surface area (Å²) in [6, 6.07) is 0.270. The second-order valence-corrected chi connectivity index (χ2v) is 3.49. The molecule has 0 aromatic carbocycles. The van der Waals surface area contributed by atoms with Crippen LogP contribution in [-0.4, -0.2) is 41.3 Å². The van der Waals surface area contributed by atoms with Gasteiger partial charge in [-0.3, -0.25) is 14.6 Å². The van der Waals surface area contributed by atoms with E-state index in [0.29, 0.717) is 6.42 Å². The molecule has 0 N–H and O–H groups in total. The van der Waals surface area contributed by atoms with Crippen LogP contribution in [0.2, 0.25) is 0 Å². The standard InChI is InChI=1S/C9H16N2O2/c1-4-8-5-9(13)11(10(8)3)6-7(2)12/h8H,4-6H2,1-3H3. The zero-order chi connectivity index (χ0) is 10.0. The molecule has 4 nitrogen and oxygen atoms in total. The smallest absolute Gasteiger partial charge is 0.238 e. The lowest BCUT2D eigenvalue weighted by Gasteiger charge is -2.26. The molecule has 4 heteroatoms. The van der Waals surface area contributed by atoms with Crippen molar-refractivity contribution in [1.82, 2.24) is 10.0 Å². The molecule has 0 aromatic rings. The van der Waals surface area contributed by atoms with Crippen LogP contribution in [0, 0.1) is 0 Å². The van der Waals surface area contributed by atoms with Crippen molar-refractivity contribution in [2.45, 2.75) is 32.7 Å². The van der Waals surface area contributed by atoms with E-state index in [-0.39, 0.29) is 24.3 Å². The van der Waals surface area contributed by atoms with Crippen LogP contribution >= 0.6 is 0 Å². The maximum Gasteiger partial charge on any atom is 0.238 e. The molecule has 0 aromatic heterocycles. The average molecular weight is 184 g/mol. The highest BCUT2D eigenvalue weighted by atomic mass is 16.2. The van der Waals surface area contributed by atoms with E-state index in [1.54, 1.807) is 0 Å². The van der Waals surface area contributed by atoms with Gasteiger partial charge in [-0.15, -0.1) is 0 Å². The van der Waals surface area contributed by atoms with Gasteiger partial charge < -0.3 is 0 Å². The SMILES string of the molecule is CCC1CC(=O)N(CC(C)=O)N1C. The molecular formula is C9H16N2O2. The van der Waals surface area contributed by atoms with Gasteiger partial charge in [0, 0.05) is 19.5 Å². The Balaban J connectivity index is 2.64. The number of Topliss-reactive ketones (excluding diaryl/α,β-unsaturated/α-hetero) is 1. The summed E-state index contributed by atoms with van der Waals surface area (Å²) >= 11 is 0. The number of carbonyl (C=O) groups excluding carboxylic acids is 2. The summed E-state index contributed by atoms with van der Waals surface area (Å²) in [4.78, 5) is 22.3. The van der Waals surface area contributed by atoms with Crippen molar-refractivity contribution in [3.63, 3.8) is 0 Å². The van der Waals surface area contributed by atoms with E-state index in [1.807, 2.05) is 19.0 Å². The van der Waals surface area contributed by atoms with E-state index in [9.17, 15) is 9.59 Å². The summed E-state index contributed by atoms with van der Waals surface area (Å²) in [6.45, 7) is 3.76. The minimum atomic E-state index is 0.0250. The lowest BCUT2D eigenvalue weighted by molar-refractivity contribution is -0.141. The normalized spacial score (nSPS) is 24.1. The maximum absolute atomic E-state index is 11.4. The minimum Gasteiger partial charge on any atom is -0.298 e. The molecule has 1 atom stereocenters. The van der Waals surface area contributed by atoms with Crippen LogP contribution in [0.1, 0.15) is 26.7 Å². The van der Waals surface area contributed by atoms with E-state index in [1.165, 1.54) is 11.9 Å². The number of amides is 1. The minimum absolute atomic E-state index is 0.0250. The Morgan fingerprint density at radius 1 is 1.62 bits per heavy atom. The number of ketones is 1. The number of carbonyl (C=O) groups is 2. The third kappa shape index (κ3) is 2.06. The third-order valence-electron chi connectivity index (χ3n) is 2.45. The van der Waals surface area contributed by atoms with Crippen molar-refractivity contribution >= 4 is 11.7 Å². The molecular weight excluding hydrogens is 168 g/mol. The number of hydrogen-bond acceptors (Lipinski definition) is 3. The zero-order valence-electron chi connectivity index (χ0n) is 8.41. The van der Waals surface area contributed by atoms with Crippen molar-refractivity contribution in [2.75, 3.05) is 13.6 Å². The molecule has 13 heavy (non-hydrogen) atoms. The number of hydrogen-bond donors (Lipinski definition) is 0. The largest absolute Gasteiger partial charge is 0.298 e. The summed E-state index contributed by atoms with van der Waals surface area (Å²) in [7, 11) is 1.86. The molecule has 1 unspecified atom stereocenters. The molecule has 74 valence electrons. The van der Waals surface area contributed by atoms with Crippen LogP contribution in [0.4, 0.5) is 0 Å². The Kier molecular flexibility index (Phi) is 3.03. The monoisotopic (exact) mass is 184 g/mol. The average Bonchev–Trinajstić information content (AvgIpc) is 2.31.